The number of ketones is 2. The van der Waals surface area contributed by atoms with E-state index in [2.05, 4.69) is 15.9 Å². The van der Waals surface area contributed by atoms with Crippen LogP contribution in [0.1, 0.15) is 26.3 Å². The highest BCUT2D eigenvalue weighted by Crippen LogP contribution is 2.11. The molecule has 0 N–H and O–H groups in total. The van der Waals surface area contributed by atoms with Crippen molar-refractivity contribution in [2.75, 3.05) is 5.33 Å². The molecule has 0 atom stereocenters. The molecule has 2 nitrogen and oxygen atoms in total. The second kappa shape index (κ2) is 6.43. The number of hydrogen-bond acceptors (Lipinski definition) is 2. The zero-order valence-electron chi connectivity index (χ0n) is 10.3. The van der Waals surface area contributed by atoms with Gasteiger partial charge >= 0.3 is 0 Å². The first-order valence-corrected chi connectivity index (χ1v) is 7.13. The Labute approximate surface area is 120 Å². The Morgan fingerprint density at radius 1 is 0.842 bits per heavy atom. The molecule has 0 aliphatic rings. The summed E-state index contributed by atoms with van der Waals surface area (Å²) in [6, 6.07) is 15.9. The van der Waals surface area contributed by atoms with Gasteiger partial charge < -0.3 is 0 Å². The molecule has 2 aromatic carbocycles. The van der Waals surface area contributed by atoms with Gasteiger partial charge in [0.1, 0.15) is 0 Å². The first-order valence-electron chi connectivity index (χ1n) is 6.01. The number of halogens is 1. The predicted molar refractivity (Wildman–Crippen MR) is 79.0 cm³/mol. The normalized spacial score (nSPS) is 10.2. The maximum atomic E-state index is 12.1. The molecule has 0 saturated heterocycles. The number of carbonyl (C=O) groups excluding carboxylic acids is 2. The number of aryl methyl sites for hydroxylation is 1. The molecular formula is C16H13BrO2. The Bertz CT molecular complexity index is 591. The average molecular weight is 317 g/mol. The van der Waals surface area contributed by atoms with Crippen LogP contribution >= 0.6 is 15.9 Å². The van der Waals surface area contributed by atoms with Gasteiger partial charge in [-0.2, -0.15) is 0 Å². The van der Waals surface area contributed by atoms with Crippen molar-refractivity contribution in [2.24, 2.45) is 0 Å². The number of hydrogen-bond donors (Lipinski definition) is 0. The van der Waals surface area contributed by atoms with Crippen LogP contribution in [0.25, 0.3) is 0 Å². The minimum atomic E-state index is -0.461. The van der Waals surface area contributed by atoms with E-state index in [4.69, 9.17) is 0 Å². The Balaban J connectivity index is 2.24. The summed E-state index contributed by atoms with van der Waals surface area (Å²) in [5, 5.41) is 0.831. The Morgan fingerprint density at radius 3 is 2.16 bits per heavy atom. The zero-order chi connectivity index (χ0) is 13.7. The third kappa shape index (κ3) is 3.38. The predicted octanol–water partition coefficient (Wildman–Crippen LogP) is 3.69. The van der Waals surface area contributed by atoms with Gasteiger partial charge in [0, 0.05) is 16.5 Å². The largest absolute Gasteiger partial charge is 0.285 e. The number of Topliss-reactive ketones (excluding diaryl/α,β-unsaturated/α-hetero) is 2. The second-order valence-electron chi connectivity index (χ2n) is 4.16. The van der Waals surface area contributed by atoms with Gasteiger partial charge in [-0.05, 0) is 18.1 Å². The van der Waals surface area contributed by atoms with Crippen LogP contribution in [0.3, 0.4) is 0 Å². The highest BCUT2D eigenvalue weighted by molar-refractivity contribution is 9.09. The van der Waals surface area contributed by atoms with Crippen LogP contribution in [0.4, 0.5) is 0 Å². The number of alkyl halides is 1. The molecule has 0 aliphatic heterocycles. The lowest BCUT2D eigenvalue weighted by Gasteiger charge is -2.03. The standard InChI is InChI=1S/C16H13BrO2/c17-10-9-12-5-4-8-14(11-12)16(19)15(18)13-6-2-1-3-7-13/h1-8,11H,9-10H2. The van der Waals surface area contributed by atoms with E-state index < -0.39 is 11.6 Å². The van der Waals surface area contributed by atoms with Crippen molar-refractivity contribution in [2.45, 2.75) is 6.42 Å². The first-order chi connectivity index (χ1) is 9.22. The molecule has 0 unspecified atom stereocenters. The van der Waals surface area contributed by atoms with E-state index in [1.807, 2.05) is 18.2 Å². The fraction of sp³-hybridized carbons (Fsp3) is 0.125. The zero-order valence-corrected chi connectivity index (χ0v) is 11.9. The average Bonchev–Trinajstić information content (AvgIpc) is 2.47. The monoisotopic (exact) mass is 316 g/mol. The SMILES string of the molecule is O=C(C(=O)c1cccc(CCBr)c1)c1ccccc1. The smallest absolute Gasteiger partial charge is 0.233 e. The van der Waals surface area contributed by atoms with Crippen LogP contribution in [0.2, 0.25) is 0 Å². The lowest BCUT2D eigenvalue weighted by atomic mass is 9.99. The van der Waals surface area contributed by atoms with Gasteiger partial charge in [0.15, 0.2) is 0 Å². The van der Waals surface area contributed by atoms with Crippen molar-refractivity contribution in [3.05, 3.63) is 71.3 Å². The molecule has 0 bridgehead atoms. The summed E-state index contributed by atoms with van der Waals surface area (Å²) in [4.78, 5) is 24.2. The van der Waals surface area contributed by atoms with E-state index in [0.717, 1.165) is 17.3 Å². The van der Waals surface area contributed by atoms with Crippen molar-refractivity contribution < 1.29 is 9.59 Å². The van der Waals surface area contributed by atoms with Crippen LogP contribution in [-0.2, 0) is 6.42 Å². The quantitative estimate of drug-likeness (QED) is 0.479. The molecule has 0 aromatic heterocycles. The highest BCUT2D eigenvalue weighted by Gasteiger charge is 2.17. The first kappa shape index (κ1) is 13.7. The molecule has 0 radical (unpaired) electrons. The van der Waals surface area contributed by atoms with Gasteiger partial charge in [0.05, 0.1) is 0 Å². The van der Waals surface area contributed by atoms with Crippen molar-refractivity contribution >= 4 is 27.5 Å². The molecule has 0 saturated carbocycles. The molecule has 96 valence electrons. The van der Waals surface area contributed by atoms with Gasteiger partial charge in [0.2, 0.25) is 11.6 Å². The molecule has 0 spiro atoms. The van der Waals surface area contributed by atoms with Gasteiger partial charge in [-0.25, -0.2) is 0 Å². The van der Waals surface area contributed by atoms with Gasteiger partial charge in [-0.3, -0.25) is 9.59 Å². The lowest BCUT2D eigenvalue weighted by molar-refractivity contribution is 0.0817. The summed E-state index contributed by atoms with van der Waals surface area (Å²) >= 11 is 3.36. The molecule has 0 fully saturated rings. The fourth-order valence-electron chi connectivity index (χ4n) is 1.83. The van der Waals surface area contributed by atoms with Crippen LogP contribution < -0.4 is 0 Å². The second-order valence-corrected chi connectivity index (χ2v) is 4.96. The van der Waals surface area contributed by atoms with E-state index in [0.29, 0.717) is 11.1 Å². The Kier molecular flexibility index (Phi) is 4.63. The Morgan fingerprint density at radius 2 is 1.47 bits per heavy atom. The minimum absolute atomic E-state index is 0.429. The summed E-state index contributed by atoms with van der Waals surface area (Å²) in [5.41, 5.74) is 1.93. The van der Waals surface area contributed by atoms with Crippen LogP contribution in [0.5, 0.6) is 0 Å². The lowest BCUT2D eigenvalue weighted by Crippen LogP contribution is -2.14. The van der Waals surface area contributed by atoms with Crippen LogP contribution in [-0.4, -0.2) is 16.9 Å². The molecule has 0 amide bonds. The number of carbonyl (C=O) groups is 2. The summed E-state index contributed by atoms with van der Waals surface area (Å²) in [7, 11) is 0. The van der Waals surface area contributed by atoms with Crippen molar-refractivity contribution in [1.29, 1.82) is 0 Å². The summed E-state index contributed by atoms with van der Waals surface area (Å²) < 4.78 is 0. The van der Waals surface area contributed by atoms with Gasteiger partial charge in [0.25, 0.3) is 0 Å². The Hall–Kier alpha value is -1.74. The maximum Gasteiger partial charge on any atom is 0.233 e. The maximum absolute atomic E-state index is 12.1. The summed E-state index contributed by atoms with van der Waals surface area (Å²) in [5.74, 6) is -0.917. The van der Waals surface area contributed by atoms with E-state index in [-0.39, 0.29) is 0 Å². The molecule has 0 heterocycles. The minimum Gasteiger partial charge on any atom is -0.285 e. The topological polar surface area (TPSA) is 34.1 Å². The third-order valence-corrected chi connectivity index (χ3v) is 3.21. The van der Waals surface area contributed by atoms with E-state index in [1.54, 1.807) is 36.4 Å². The molecule has 2 rings (SSSR count). The van der Waals surface area contributed by atoms with E-state index >= 15 is 0 Å². The third-order valence-electron chi connectivity index (χ3n) is 2.81. The summed E-state index contributed by atoms with van der Waals surface area (Å²) in [6.07, 6.45) is 0.834. The van der Waals surface area contributed by atoms with E-state index in [1.165, 1.54) is 0 Å². The molecule has 19 heavy (non-hydrogen) atoms. The molecular weight excluding hydrogens is 304 g/mol. The van der Waals surface area contributed by atoms with Gasteiger partial charge in [-0.1, -0.05) is 64.5 Å². The van der Waals surface area contributed by atoms with E-state index in [9.17, 15) is 9.59 Å². The van der Waals surface area contributed by atoms with Crippen molar-refractivity contribution in [1.82, 2.24) is 0 Å². The number of rotatable bonds is 5. The highest BCUT2D eigenvalue weighted by atomic mass is 79.9. The van der Waals surface area contributed by atoms with Gasteiger partial charge in [-0.15, -0.1) is 0 Å². The molecule has 3 heteroatoms. The fourth-order valence-corrected chi connectivity index (χ4v) is 2.29. The molecule has 2 aromatic rings. The van der Waals surface area contributed by atoms with Crippen molar-refractivity contribution in [3.63, 3.8) is 0 Å². The number of benzene rings is 2. The van der Waals surface area contributed by atoms with Crippen molar-refractivity contribution in [3.8, 4) is 0 Å². The van der Waals surface area contributed by atoms with Crippen LogP contribution in [0, 0.1) is 0 Å². The van der Waals surface area contributed by atoms with Crippen LogP contribution in [0.15, 0.2) is 54.6 Å². The molecule has 0 aliphatic carbocycles. The summed E-state index contributed by atoms with van der Waals surface area (Å²) in [6.45, 7) is 0.